The lowest BCUT2D eigenvalue weighted by molar-refractivity contribution is -0.147. The Labute approximate surface area is 132 Å². The van der Waals surface area contributed by atoms with Gasteiger partial charge in [0.1, 0.15) is 11.6 Å². The Morgan fingerprint density at radius 3 is 2.39 bits per heavy atom. The molecule has 2 aromatic carbocycles. The van der Waals surface area contributed by atoms with Crippen molar-refractivity contribution in [1.29, 1.82) is 0 Å². The second kappa shape index (κ2) is 8.03. The van der Waals surface area contributed by atoms with Crippen LogP contribution in [-0.2, 0) is 27.3 Å². The van der Waals surface area contributed by atoms with Crippen molar-refractivity contribution >= 4 is 11.9 Å². The third-order valence-corrected chi connectivity index (χ3v) is 3.06. The molecule has 120 valence electrons. The fourth-order valence-corrected chi connectivity index (χ4v) is 1.85. The highest BCUT2D eigenvalue weighted by atomic mass is 19.1. The number of esters is 1. The third kappa shape index (κ3) is 5.50. The van der Waals surface area contributed by atoms with E-state index in [9.17, 15) is 18.4 Å². The van der Waals surface area contributed by atoms with Gasteiger partial charge in [0.2, 0.25) is 0 Å². The topological polar surface area (TPSA) is 55.4 Å². The van der Waals surface area contributed by atoms with E-state index in [0.29, 0.717) is 0 Å². The molecule has 2 aromatic rings. The zero-order valence-electron chi connectivity index (χ0n) is 12.2. The third-order valence-electron chi connectivity index (χ3n) is 3.06. The number of benzene rings is 2. The average molecular weight is 319 g/mol. The van der Waals surface area contributed by atoms with E-state index in [-0.39, 0.29) is 24.3 Å². The molecule has 0 aromatic heterocycles. The van der Waals surface area contributed by atoms with Crippen molar-refractivity contribution in [2.45, 2.75) is 13.0 Å². The van der Waals surface area contributed by atoms with Crippen LogP contribution in [0.5, 0.6) is 0 Å². The molecule has 0 aliphatic carbocycles. The van der Waals surface area contributed by atoms with Gasteiger partial charge < -0.3 is 10.1 Å². The standard InChI is InChI=1S/C17H15F2NO3/c18-14-7-5-12(6-8-14)10-20-16(21)11-23-17(22)9-13-3-1-2-4-15(13)19/h1-8H,9-11H2,(H,20,21). The molecule has 0 bridgehead atoms. The molecule has 0 spiro atoms. The Kier molecular flexibility index (Phi) is 5.80. The van der Waals surface area contributed by atoms with Crippen LogP contribution in [0.2, 0.25) is 0 Å². The molecule has 6 heteroatoms. The van der Waals surface area contributed by atoms with Gasteiger partial charge in [0.05, 0.1) is 6.42 Å². The van der Waals surface area contributed by atoms with Gasteiger partial charge in [0.15, 0.2) is 6.61 Å². The highest BCUT2D eigenvalue weighted by Crippen LogP contribution is 2.07. The van der Waals surface area contributed by atoms with E-state index < -0.39 is 24.3 Å². The summed E-state index contributed by atoms with van der Waals surface area (Å²) in [5, 5.41) is 2.54. The highest BCUT2D eigenvalue weighted by Gasteiger charge is 2.11. The molecular formula is C17H15F2NO3. The first-order valence-electron chi connectivity index (χ1n) is 6.95. The minimum absolute atomic E-state index is 0.198. The van der Waals surface area contributed by atoms with Crippen molar-refractivity contribution in [3.63, 3.8) is 0 Å². The number of rotatable bonds is 6. The van der Waals surface area contributed by atoms with Crippen LogP contribution in [0, 0.1) is 11.6 Å². The highest BCUT2D eigenvalue weighted by molar-refractivity contribution is 5.81. The second-order valence-corrected chi connectivity index (χ2v) is 4.83. The Hall–Kier alpha value is -2.76. The first kappa shape index (κ1) is 16.6. The number of amides is 1. The number of carbonyl (C=O) groups excluding carboxylic acids is 2. The summed E-state index contributed by atoms with van der Waals surface area (Å²) in [5.74, 6) is -2.03. The van der Waals surface area contributed by atoms with E-state index >= 15 is 0 Å². The molecule has 0 heterocycles. The zero-order chi connectivity index (χ0) is 16.7. The van der Waals surface area contributed by atoms with E-state index in [1.165, 1.54) is 30.3 Å². The zero-order valence-corrected chi connectivity index (χ0v) is 12.2. The van der Waals surface area contributed by atoms with Crippen molar-refractivity contribution in [2.75, 3.05) is 6.61 Å². The molecule has 0 fully saturated rings. The van der Waals surface area contributed by atoms with Gasteiger partial charge in [-0.15, -0.1) is 0 Å². The van der Waals surface area contributed by atoms with Gasteiger partial charge in [-0.3, -0.25) is 9.59 Å². The van der Waals surface area contributed by atoms with Crippen LogP contribution in [0.3, 0.4) is 0 Å². The smallest absolute Gasteiger partial charge is 0.310 e. The van der Waals surface area contributed by atoms with E-state index in [2.05, 4.69) is 5.32 Å². The number of nitrogens with one attached hydrogen (secondary N) is 1. The SMILES string of the molecule is O=C(COC(=O)Cc1ccccc1F)NCc1ccc(F)cc1. The minimum Gasteiger partial charge on any atom is -0.455 e. The summed E-state index contributed by atoms with van der Waals surface area (Å²) in [6, 6.07) is 11.5. The van der Waals surface area contributed by atoms with Crippen molar-refractivity contribution in [3.05, 3.63) is 71.3 Å². The van der Waals surface area contributed by atoms with Crippen LogP contribution in [0.15, 0.2) is 48.5 Å². The molecule has 0 unspecified atom stereocenters. The molecule has 0 radical (unpaired) electrons. The van der Waals surface area contributed by atoms with Gasteiger partial charge in [0.25, 0.3) is 5.91 Å². The summed E-state index contributed by atoms with van der Waals surface area (Å²) in [6.45, 7) is -0.252. The number of halogens is 2. The fourth-order valence-electron chi connectivity index (χ4n) is 1.85. The molecule has 1 N–H and O–H groups in total. The lowest BCUT2D eigenvalue weighted by atomic mass is 10.1. The normalized spacial score (nSPS) is 10.2. The molecule has 4 nitrogen and oxygen atoms in total. The average Bonchev–Trinajstić information content (AvgIpc) is 2.54. The first-order chi connectivity index (χ1) is 11.0. The van der Waals surface area contributed by atoms with Crippen molar-refractivity contribution in [1.82, 2.24) is 5.32 Å². The lowest BCUT2D eigenvalue weighted by Crippen LogP contribution is -2.28. The quantitative estimate of drug-likeness (QED) is 0.832. The molecule has 0 saturated heterocycles. The molecular weight excluding hydrogens is 304 g/mol. The number of hydrogen-bond donors (Lipinski definition) is 1. The maximum absolute atomic E-state index is 13.4. The Bertz CT molecular complexity index is 686. The van der Waals surface area contributed by atoms with E-state index in [1.54, 1.807) is 18.2 Å². The van der Waals surface area contributed by atoms with Crippen LogP contribution >= 0.6 is 0 Å². The van der Waals surface area contributed by atoms with Gasteiger partial charge in [-0.05, 0) is 29.3 Å². The molecule has 23 heavy (non-hydrogen) atoms. The molecule has 1 amide bonds. The Balaban J connectivity index is 1.72. The number of hydrogen-bond acceptors (Lipinski definition) is 3. The van der Waals surface area contributed by atoms with Crippen LogP contribution in [0.25, 0.3) is 0 Å². The molecule has 0 aliphatic heterocycles. The summed E-state index contributed by atoms with van der Waals surface area (Å²) >= 11 is 0. The maximum Gasteiger partial charge on any atom is 0.310 e. The molecule has 0 atom stereocenters. The molecule has 0 saturated carbocycles. The molecule has 2 rings (SSSR count). The minimum atomic E-state index is -0.688. The number of carbonyl (C=O) groups is 2. The predicted molar refractivity (Wildman–Crippen MR) is 79.3 cm³/mol. The first-order valence-corrected chi connectivity index (χ1v) is 6.95. The lowest BCUT2D eigenvalue weighted by Gasteiger charge is -2.07. The van der Waals surface area contributed by atoms with Crippen LogP contribution in [0.1, 0.15) is 11.1 Å². The van der Waals surface area contributed by atoms with Crippen molar-refractivity contribution < 1.29 is 23.1 Å². The largest absolute Gasteiger partial charge is 0.455 e. The summed E-state index contributed by atoms with van der Waals surface area (Å²) in [6.07, 6.45) is -0.238. The maximum atomic E-state index is 13.4. The Morgan fingerprint density at radius 2 is 1.70 bits per heavy atom. The van der Waals surface area contributed by atoms with Gasteiger partial charge in [-0.1, -0.05) is 30.3 Å². The summed E-state index contributed by atoms with van der Waals surface area (Å²) < 4.78 is 30.9. The van der Waals surface area contributed by atoms with Crippen molar-refractivity contribution in [3.8, 4) is 0 Å². The van der Waals surface area contributed by atoms with E-state index in [1.807, 2.05) is 0 Å². The summed E-state index contributed by atoms with van der Waals surface area (Å²) in [4.78, 5) is 23.1. The van der Waals surface area contributed by atoms with Crippen LogP contribution in [0.4, 0.5) is 8.78 Å². The fraction of sp³-hybridized carbons (Fsp3) is 0.176. The van der Waals surface area contributed by atoms with Gasteiger partial charge in [0, 0.05) is 6.54 Å². The van der Waals surface area contributed by atoms with E-state index in [4.69, 9.17) is 4.74 Å². The van der Waals surface area contributed by atoms with Gasteiger partial charge in [-0.25, -0.2) is 8.78 Å². The van der Waals surface area contributed by atoms with Gasteiger partial charge in [-0.2, -0.15) is 0 Å². The summed E-state index contributed by atoms with van der Waals surface area (Å²) in [7, 11) is 0. The van der Waals surface area contributed by atoms with Crippen LogP contribution < -0.4 is 5.32 Å². The number of ether oxygens (including phenoxy) is 1. The van der Waals surface area contributed by atoms with Gasteiger partial charge >= 0.3 is 5.97 Å². The van der Waals surface area contributed by atoms with Crippen LogP contribution in [-0.4, -0.2) is 18.5 Å². The van der Waals surface area contributed by atoms with Crippen molar-refractivity contribution in [2.24, 2.45) is 0 Å². The Morgan fingerprint density at radius 1 is 1.00 bits per heavy atom. The monoisotopic (exact) mass is 319 g/mol. The molecule has 0 aliphatic rings. The second-order valence-electron chi connectivity index (χ2n) is 4.83. The summed E-state index contributed by atoms with van der Waals surface area (Å²) in [5.41, 5.74) is 0.932. The van der Waals surface area contributed by atoms with E-state index in [0.717, 1.165) is 5.56 Å². The predicted octanol–water partition coefficient (Wildman–Crippen LogP) is 2.37.